The highest BCUT2D eigenvalue weighted by Gasteiger charge is 2.36. The summed E-state index contributed by atoms with van der Waals surface area (Å²) in [6, 6.07) is 3.58. The van der Waals surface area contributed by atoms with Crippen LogP contribution in [0.3, 0.4) is 0 Å². The maximum Gasteiger partial charge on any atom is 0.262 e. The number of hydrogen-bond donors (Lipinski definition) is 1. The van der Waals surface area contributed by atoms with Gasteiger partial charge in [0.05, 0.1) is 4.88 Å². The third-order valence-electron chi connectivity index (χ3n) is 4.60. The van der Waals surface area contributed by atoms with Gasteiger partial charge in [-0.1, -0.05) is 6.07 Å². The average Bonchev–Trinajstić information content (AvgIpc) is 3.25. The lowest BCUT2D eigenvalue weighted by atomic mass is 9.93. The number of nitrogens with one attached hydrogen (secondary N) is 1. The molecule has 7 nitrogen and oxygen atoms in total. The van der Waals surface area contributed by atoms with E-state index in [1.54, 1.807) is 26.2 Å². The van der Waals surface area contributed by atoms with Gasteiger partial charge in [0.1, 0.15) is 17.7 Å². The Morgan fingerprint density at radius 3 is 2.60 bits per heavy atom. The molecule has 8 heteroatoms. The molecule has 1 aliphatic rings. The SMILES string of the molecule is Cn1cnnc1C1CCN(C(=O)C(C)(C)NC(=O)c2cccs2)CC1. The van der Waals surface area contributed by atoms with Gasteiger partial charge in [-0.3, -0.25) is 9.59 Å². The molecule has 2 amide bonds. The molecule has 0 aromatic carbocycles. The van der Waals surface area contributed by atoms with Crippen molar-refractivity contribution in [2.24, 2.45) is 7.05 Å². The summed E-state index contributed by atoms with van der Waals surface area (Å²) in [6.45, 7) is 4.84. The highest BCUT2D eigenvalue weighted by molar-refractivity contribution is 7.12. The number of aryl methyl sites for hydroxylation is 1. The zero-order valence-corrected chi connectivity index (χ0v) is 15.5. The summed E-state index contributed by atoms with van der Waals surface area (Å²) in [4.78, 5) is 27.6. The molecular formula is C17H23N5O2S. The van der Waals surface area contributed by atoms with Crippen molar-refractivity contribution in [1.82, 2.24) is 25.0 Å². The minimum Gasteiger partial charge on any atom is -0.341 e. The van der Waals surface area contributed by atoms with Gasteiger partial charge in [0.25, 0.3) is 5.91 Å². The quantitative estimate of drug-likeness (QED) is 0.900. The van der Waals surface area contributed by atoms with Crippen molar-refractivity contribution >= 4 is 23.2 Å². The highest BCUT2D eigenvalue weighted by Crippen LogP contribution is 2.27. The molecule has 0 spiro atoms. The van der Waals surface area contributed by atoms with Crippen LogP contribution in [-0.4, -0.2) is 50.1 Å². The predicted octanol–water partition coefficient (Wildman–Crippen LogP) is 1.79. The summed E-state index contributed by atoms with van der Waals surface area (Å²) >= 11 is 1.37. The first-order valence-corrected chi connectivity index (χ1v) is 9.26. The van der Waals surface area contributed by atoms with E-state index in [2.05, 4.69) is 15.5 Å². The smallest absolute Gasteiger partial charge is 0.262 e. The van der Waals surface area contributed by atoms with Gasteiger partial charge in [-0.25, -0.2) is 0 Å². The van der Waals surface area contributed by atoms with E-state index in [1.807, 2.05) is 28.0 Å². The second-order valence-corrected chi connectivity index (χ2v) is 7.87. The maximum absolute atomic E-state index is 12.9. The van der Waals surface area contributed by atoms with Crippen molar-refractivity contribution in [2.75, 3.05) is 13.1 Å². The van der Waals surface area contributed by atoms with E-state index in [4.69, 9.17) is 0 Å². The Morgan fingerprint density at radius 2 is 2.04 bits per heavy atom. The molecule has 25 heavy (non-hydrogen) atoms. The van der Waals surface area contributed by atoms with Crippen molar-refractivity contribution < 1.29 is 9.59 Å². The fourth-order valence-corrected chi connectivity index (χ4v) is 3.82. The number of amides is 2. The molecule has 1 aliphatic heterocycles. The van der Waals surface area contributed by atoms with Crippen LogP contribution in [0.25, 0.3) is 0 Å². The van der Waals surface area contributed by atoms with Crippen LogP contribution in [-0.2, 0) is 11.8 Å². The fourth-order valence-electron chi connectivity index (χ4n) is 3.20. The highest BCUT2D eigenvalue weighted by atomic mass is 32.1. The molecule has 2 aromatic heterocycles. The van der Waals surface area contributed by atoms with E-state index in [-0.39, 0.29) is 11.8 Å². The molecule has 1 saturated heterocycles. The van der Waals surface area contributed by atoms with Crippen molar-refractivity contribution in [3.63, 3.8) is 0 Å². The number of carbonyl (C=O) groups excluding carboxylic acids is 2. The number of carbonyl (C=O) groups is 2. The minimum atomic E-state index is -0.932. The summed E-state index contributed by atoms with van der Waals surface area (Å²) in [5.74, 6) is 1.04. The molecular weight excluding hydrogens is 338 g/mol. The molecule has 3 heterocycles. The van der Waals surface area contributed by atoms with Crippen molar-refractivity contribution in [1.29, 1.82) is 0 Å². The maximum atomic E-state index is 12.9. The van der Waals surface area contributed by atoms with Gasteiger partial charge in [-0.2, -0.15) is 0 Å². The standard InChI is InChI=1S/C17H23N5O2S/c1-17(2,19-15(23)13-5-4-10-25-13)16(24)22-8-6-12(7-9-22)14-20-18-11-21(14)3/h4-5,10-12H,6-9H2,1-3H3,(H,19,23). The van der Waals surface area contributed by atoms with Crippen LogP contribution >= 0.6 is 11.3 Å². The topological polar surface area (TPSA) is 80.1 Å². The number of hydrogen-bond acceptors (Lipinski definition) is 5. The largest absolute Gasteiger partial charge is 0.341 e. The second-order valence-electron chi connectivity index (χ2n) is 6.92. The lowest BCUT2D eigenvalue weighted by Gasteiger charge is -2.37. The van der Waals surface area contributed by atoms with E-state index in [0.29, 0.717) is 23.9 Å². The van der Waals surface area contributed by atoms with Gasteiger partial charge in [-0.15, -0.1) is 21.5 Å². The van der Waals surface area contributed by atoms with Crippen LogP contribution in [0, 0.1) is 0 Å². The first-order valence-electron chi connectivity index (χ1n) is 8.38. The lowest BCUT2D eigenvalue weighted by Crippen LogP contribution is -2.57. The van der Waals surface area contributed by atoms with Gasteiger partial charge in [0.15, 0.2) is 0 Å². The zero-order valence-electron chi connectivity index (χ0n) is 14.7. The number of aromatic nitrogens is 3. The monoisotopic (exact) mass is 361 g/mol. The number of piperidine rings is 1. The first kappa shape index (κ1) is 17.6. The van der Waals surface area contributed by atoms with E-state index in [1.165, 1.54) is 11.3 Å². The predicted molar refractivity (Wildman–Crippen MR) is 95.4 cm³/mol. The molecule has 134 valence electrons. The molecule has 3 rings (SSSR count). The minimum absolute atomic E-state index is 0.0474. The summed E-state index contributed by atoms with van der Waals surface area (Å²) < 4.78 is 1.94. The van der Waals surface area contributed by atoms with Crippen LogP contribution in [0.4, 0.5) is 0 Å². The third kappa shape index (κ3) is 3.73. The number of rotatable bonds is 4. The Balaban J connectivity index is 1.59. The molecule has 0 atom stereocenters. The summed E-state index contributed by atoms with van der Waals surface area (Å²) in [5, 5.41) is 12.8. The van der Waals surface area contributed by atoms with Crippen LogP contribution in [0.2, 0.25) is 0 Å². The molecule has 0 saturated carbocycles. The summed E-state index contributed by atoms with van der Waals surface area (Å²) in [6.07, 6.45) is 3.41. The van der Waals surface area contributed by atoms with E-state index in [0.717, 1.165) is 18.7 Å². The van der Waals surface area contributed by atoms with Gasteiger partial charge in [0.2, 0.25) is 5.91 Å². The number of likely N-dealkylation sites (tertiary alicyclic amines) is 1. The molecule has 2 aromatic rings. The Morgan fingerprint density at radius 1 is 1.32 bits per heavy atom. The number of thiophene rings is 1. The molecule has 1 fully saturated rings. The average molecular weight is 361 g/mol. The Hall–Kier alpha value is -2.22. The lowest BCUT2D eigenvalue weighted by molar-refractivity contribution is -0.137. The fraction of sp³-hybridized carbons (Fsp3) is 0.529. The van der Waals surface area contributed by atoms with E-state index >= 15 is 0 Å². The number of nitrogens with zero attached hydrogens (tertiary/aromatic N) is 4. The molecule has 0 radical (unpaired) electrons. The normalized spacial score (nSPS) is 16.0. The Labute approximate surface area is 151 Å². The Bertz CT molecular complexity index is 745. The van der Waals surface area contributed by atoms with E-state index < -0.39 is 5.54 Å². The molecule has 0 unspecified atom stereocenters. The summed E-state index contributed by atoms with van der Waals surface area (Å²) in [7, 11) is 1.94. The summed E-state index contributed by atoms with van der Waals surface area (Å²) in [5.41, 5.74) is -0.932. The molecule has 1 N–H and O–H groups in total. The van der Waals surface area contributed by atoms with E-state index in [9.17, 15) is 9.59 Å². The zero-order chi connectivity index (χ0) is 18.0. The molecule has 0 bridgehead atoms. The third-order valence-corrected chi connectivity index (χ3v) is 5.47. The van der Waals surface area contributed by atoms with Crippen molar-refractivity contribution in [3.05, 3.63) is 34.5 Å². The van der Waals surface area contributed by atoms with Gasteiger partial charge >= 0.3 is 0 Å². The second kappa shape index (κ2) is 6.95. The van der Waals surface area contributed by atoms with Gasteiger partial charge in [-0.05, 0) is 38.1 Å². The first-order chi connectivity index (χ1) is 11.9. The van der Waals surface area contributed by atoms with Crippen molar-refractivity contribution in [2.45, 2.75) is 38.1 Å². The molecule has 0 aliphatic carbocycles. The van der Waals surface area contributed by atoms with Gasteiger partial charge < -0.3 is 14.8 Å². The van der Waals surface area contributed by atoms with Crippen LogP contribution < -0.4 is 5.32 Å². The van der Waals surface area contributed by atoms with Crippen LogP contribution in [0.5, 0.6) is 0 Å². The van der Waals surface area contributed by atoms with Gasteiger partial charge in [0, 0.05) is 26.1 Å². The van der Waals surface area contributed by atoms with Crippen LogP contribution in [0.15, 0.2) is 23.8 Å². The Kier molecular flexibility index (Phi) is 4.89. The van der Waals surface area contributed by atoms with Crippen LogP contribution in [0.1, 0.15) is 48.1 Å². The van der Waals surface area contributed by atoms with Crippen molar-refractivity contribution in [3.8, 4) is 0 Å².